The molecule has 2 amide bonds. The number of carbonyl (C=O) groups is 2. The summed E-state index contributed by atoms with van der Waals surface area (Å²) in [7, 11) is 3.66. The van der Waals surface area contributed by atoms with Crippen LogP contribution < -0.4 is 4.90 Å². The number of piperidine rings is 2. The number of amides is 2. The molecule has 0 saturated carbocycles. The maximum Gasteiger partial charge on any atom is 0.245 e. The molecule has 1 atom stereocenters. The quantitative estimate of drug-likeness (QED) is 0.433. The van der Waals surface area contributed by atoms with Gasteiger partial charge in [0.05, 0.1) is 22.8 Å². The molecule has 0 spiro atoms. The molecule has 5 rings (SSSR count). The lowest BCUT2D eigenvalue weighted by Crippen LogP contribution is -2.53. The number of rotatable bonds is 5. The van der Waals surface area contributed by atoms with Crippen LogP contribution in [0.15, 0.2) is 24.9 Å². The van der Waals surface area contributed by atoms with Crippen molar-refractivity contribution in [3.05, 3.63) is 41.2 Å². The van der Waals surface area contributed by atoms with Gasteiger partial charge in [-0.3, -0.25) is 19.4 Å². The van der Waals surface area contributed by atoms with Crippen molar-refractivity contribution in [1.82, 2.24) is 29.8 Å². The third-order valence-corrected chi connectivity index (χ3v) is 9.25. The average molecular weight is 566 g/mol. The number of hydrogen-bond acceptors (Lipinski definition) is 5. The van der Waals surface area contributed by atoms with Gasteiger partial charge in [0, 0.05) is 67.4 Å². The summed E-state index contributed by atoms with van der Waals surface area (Å²) in [6.07, 6.45) is 6.34. The molecule has 10 heteroatoms. The Hall–Kier alpha value is -3.33. The number of aromatic amines is 1. The van der Waals surface area contributed by atoms with E-state index in [-0.39, 0.29) is 29.3 Å². The van der Waals surface area contributed by atoms with Crippen LogP contribution in [-0.4, -0.2) is 80.9 Å². The highest BCUT2D eigenvalue weighted by Crippen LogP contribution is 2.47. The molecule has 2 aliphatic heterocycles. The molecule has 1 unspecified atom stereocenters. The molecule has 2 saturated heterocycles. The van der Waals surface area contributed by atoms with Gasteiger partial charge in [-0.25, -0.2) is 0 Å². The van der Waals surface area contributed by atoms with E-state index in [9.17, 15) is 9.59 Å². The van der Waals surface area contributed by atoms with E-state index in [1.54, 1.807) is 4.90 Å². The summed E-state index contributed by atoms with van der Waals surface area (Å²) in [6, 6.07) is 2.18. The molecule has 2 aliphatic rings. The first-order valence-electron chi connectivity index (χ1n) is 14.1. The molecular weight excluding hydrogens is 526 g/mol. The Morgan fingerprint density at radius 1 is 1.15 bits per heavy atom. The smallest absolute Gasteiger partial charge is 0.245 e. The first-order valence-corrected chi connectivity index (χ1v) is 14.4. The molecule has 1 N–H and O–H groups in total. The number of nitrogens with zero attached hydrogens (tertiary/aromatic N) is 6. The first-order chi connectivity index (χ1) is 18.9. The Morgan fingerprint density at radius 2 is 1.85 bits per heavy atom. The fraction of sp³-hybridized carbons (Fsp3) is 0.533. The summed E-state index contributed by atoms with van der Waals surface area (Å²) < 4.78 is 2.15. The van der Waals surface area contributed by atoms with Gasteiger partial charge >= 0.3 is 0 Å². The predicted molar refractivity (Wildman–Crippen MR) is 160 cm³/mol. The van der Waals surface area contributed by atoms with E-state index >= 15 is 0 Å². The Morgan fingerprint density at radius 3 is 2.48 bits per heavy atom. The van der Waals surface area contributed by atoms with E-state index < -0.39 is 0 Å². The van der Waals surface area contributed by atoms with Crippen molar-refractivity contribution in [2.24, 2.45) is 5.92 Å². The Labute approximate surface area is 241 Å². The number of nitrogens with one attached hydrogen (secondary N) is 1. The molecule has 40 heavy (non-hydrogen) atoms. The van der Waals surface area contributed by atoms with E-state index in [1.807, 2.05) is 38.2 Å². The largest absolute Gasteiger partial charge is 0.349 e. The maximum absolute atomic E-state index is 12.9. The van der Waals surface area contributed by atoms with E-state index in [0.717, 1.165) is 64.8 Å². The first kappa shape index (κ1) is 28.2. The number of fused-ring (bicyclic) bond motifs is 1. The Bertz CT molecular complexity index is 1460. The maximum atomic E-state index is 12.9. The van der Waals surface area contributed by atoms with Crippen LogP contribution in [0, 0.1) is 19.8 Å². The molecular formula is C30H40ClN7O2. The SMILES string of the molecule is C=CC(=O)N1CCC(n2nc(N3CCC(C(=O)N(C)C)CC3(C)C)c(-c3c(Cl)c(C)cc4[nH]ncc34)c2C)CC1. The summed E-state index contributed by atoms with van der Waals surface area (Å²) in [5.41, 5.74) is 4.58. The molecule has 3 aromatic rings. The third kappa shape index (κ3) is 4.78. The number of aromatic nitrogens is 4. The van der Waals surface area contributed by atoms with Gasteiger partial charge in [-0.2, -0.15) is 10.2 Å². The van der Waals surface area contributed by atoms with Gasteiger partial charge in [0.15, 0.2) is 5.82 Å². The highest BCUT2D eigenvalue weighted by molar-refractivity contribution is 6.36. The van der Waals surface area contributed by atoms with Gasteiger partial charge in [-0.1, -0.05) is 18.2 Å². The van der Waals surface area contributed by atoms with Gasteiger partial charge in [0.2, 0.25) is 11.8 Å². The molecule has 0 radical (unpaired) electrons. The number of aryl methyl sites for hydroxylation is 1. The van der Waals surface area contributed by atoms with E-state index in [4.69, 9.17) is 16.7 Å². The van der Waals surface area contributed by atoms with E-state index in [1.165, 1.54) is 6.08 Å². The van der Waals surface area contributed by atoms with Gasteiger partial charge < -0.3 is 14.7 Å². The minimum absolute atomic E-state index is 0.0252. The van der Waals surface area contributed by atoms with Crippen LogP contribution in [0.4, 0.5) is 5.82 Å². The third-order valence-electron chi connectivity index (χ3n) is 8.77. The fourth-order valence-corrected chi connectivity index (χ4v) is 6.87. The van der Waals surface area contributed by atoms with Gasteiger partial charge in [0.25, 0.3) is 0 Å². The predicted octanol–water partition coefficient (Wildman–Crippen LogP) is 5.13. The number of anilines is 1. The summed E-state index contributed by atoms with van der Waals surface area (Å²) in [5, 5.41) is 14.4. The van der Waals surface area contributed by atoms with Crippen LogP contribution in [0.25, 0.3) is 22.0 Å². The molecule has 0 aliphatic carbocycles. The highest BCUT2D eigenvalue weighted by Gasteiger charge is 2.41. The van der Waals surface area contributed by atoms with Crippen molar-refractivity contribution >= 4 is 40.1 Å². The second kappa shape index (κ2) is 10.6. The average Bonchev–Trinajstić information content (AvgIpc) is 3.52. The minimum Gasteiger partial charge on any atom is -0.349 e. The van der Waals surface area contributed by atoms with Crippen LogP contribution >= 0.6 is 11.6 Å². The highest BCUT2D eigenvalue weighted by atomic mass is 35.5. The van der Waals surface area contributed by atoms with E-state index in [0.29, 0.717) is 24.7 Å². The Kier molecular flexibility index (Phi) is 7.46. The van der Waals surface area contributed by atoms with Gasteiger partial charge in [-0.05, 0) is 71.1 Å². The van der Waals surface area contributed by atoms with Crippen LogP contribution in [-0.2, 0) is 9.59 Å². The van der Waals surface area contributed by atoms with Crippen molar-refractivity contribution in [2.75, 3.05) is 38.6 Å². The van der Waals surface area contributed by atoms with Crippen molar-refractivity contribution < 1.29 is 9.59 Å². The minimum atomic E-state index is -0.305. The van der Waals surface area contributed by atoms with E-state index in [2.05, 4.69) is 47.1 Å². The number of benzene rings is 1. The lowest BCUT2D eigenvalue weighted by Gasteiger charge is -2.46. The summed E-state index contributed by atoms with van der Waals surface area (Å²) in [4.78, 5) is 31.0. The van der Waals surface area contributed by atoms with Crippen molar-refractivity contribution in [3.63, 3.8) is 0 Å². The second-order valence-corrected chi connectivity index (χ2v) is 12.5. The summed E-state index contributed by atoms with van der Waals surface area (Å²) >= 11 is 7.08. The normalized spacial score (nSPS) is 19.7. The van der Waals surface area contributed by atoms with Crippen molar-refractivity contribution in [3.8, 4) is 11.1 Å². The zero-order chi connectivity index (χ0) is 28.9. The molecule has 1 aromatic carbocycles. The summed E-state index contributed by atoms with van der Waals surface area (Å²) in [5.74, 6) is 1.01. The van der Waals surface area contributed by atoms with Crippen molar-refractivity contribution in [2.45, 2.75) is 65.0 Å². The van der Waals surface area contributed by atoms with Gasteiger partial charge in [-0.15, -0.1) is 0 Å². The fourth-order valence-electron chi connectivity index (χ4n) is 6.62. The topological polar surface area (TPSA) is 90.4 Å². The number of H-pyrrole nitrogens is 1. The monoisotopic (exact) mass is 565 g/mol. The lowest BCUT2D eigenvalue weighted by atomic mass is 9.81. The number of hydrogen-bond donors (Lipinski definition) is 1. The zero-order valence-electron chi connectivity index (χ0n) is 24.4. The molecule has 2 fully saturated rings. The van der Waals surface area contributed by atoms with Crippen LogP contribution in [0.1, 0.15) is 56.8 Å². The number of likely N-dealkylation sites (tertiary alicyclic amines) is 1. The molecule has 214 valence electrons. The van der Waals surface area contributed by atoms with Crippen LogP contribution in [0.5, 0.6) is 0 Å². The lowest BCUT2D eigenvalue weighted by molar-refractivity contribution is -0.134. The molecule has 9 nitrogen and oxygen atoms in total. The molecule has 4 heterocycles. The molecule has 0 bridgehead atoms. The van der Waals surface area contributed by atoms with Crippen LogP contribution in [0.2, 0.25) is 5.02 Å². The number of halogens is 1. The Balaban J connectivity index is 1.63. The standard InChI is InChI=1S/C30H40ClN7O2/c1-8-24(39)36-12-10-21(11-13-36)38-19(3)25(26-22-17-32-33-23(22)15-18(2)27(26)31)28(34-38)37-14-9-20(16-30(37,4)5)29(40)35(6)7/h8,15,17,20-21H,1,9-14,16H2,2-7H3,(H,32,33). The zero-order valence-corrected chi connectivity index (χ0v) is 25.2. The van der Waals surface area contributed by atoms with Gasteiger partial charge in [0.1, 0.15) is 0 Å². The van der Waals surface area contributed by atoms with Crippen LogP contribution in [0.3, 0.4) is 0 Å². The summed E-state index contributed by atoms with van der Waals surface area (Å²) in [6.45, 7) is 14.2. The number of carbonyl (C=O) groups excluding carboxylic acids is 2. The second-order valence-electron chi connectivity index (χ2n) is 12.1. The molecule has 2 aromatic heterocycles. The van der Waals surface area contributed by atoms with Crippen molar-refractivity contribution in [1.29, 1.82) is 0 Å².